The van der Waals surface area contributed by atoms with E-state index in [1.807, 2.05) is 61.5 Å². The van der Waals surface area contributed by atoms with E-state index in [1.165, 1.54) is 11.3 Å². The fraction of sp³-hybridized carbons (Fsp3) is 0.125. The second-order valence-corrected chi connectivity index (χ2v) is 7.78. The minimum absolute atomic E-state index is 0.140. The van der Waals surface area contributed by atoms with Crippen LogP contribution in [0.4, 0.5) is 5.69 Å². The SMILES string of the molecule is CCc1ccccc1NC(=O)CNC(=O)c1sc(-c2ccco2)nc1-c1ccccc1. The largest absolute Gasteiger partial charge is 0.462 e. The molecular weight excluding hydrogens is 410 g/mol. The number of anilines is 1. The number of nitrogens with one attached hydrogen (secondary N) is 2. The van der Waals surface area contributed by atoms with Crippen LogP contribution in [-0.4, -0.2) is 23.3 Å². The van der Waals surface area contributed by atoms with Gasteiger partial charge in [-0.3, -0.25) is 9.59 Å². The third-order valence-electron chi connectivity index (χ3n) is 4.69. The van der Waals surface area contributed by atoms with E-state index in [1.54, 1.807) is 18.4 Å². The second kappa shape index (κ2) is 9.40. The molecule has 156 valence electrons. The summed E-state index contributed by atoms with van der Waals surface area (Å²) in [6.07, 6.45) is 2.37. The van der Waals surface area contributed by atoms with E-state index in [2.05, 4.69) is 15.6 Å². The number of benzene rings is 2. The molecule has 0 fully saturated rings. The quantitative estimate of drug-likeness (QED) is 0.431. The minimum Gasteiger partial charge on any atom is -0.462 e. The molecule has 2 amide bonds. The first-order valence-electron chi connectivity index (χ1n) is 9.91. The summed E-state index contributed by atoms with van der Waals surface area (Å²) >= 11 is 1.23. The summed E-state index contributed by atoms with van der Waals surface area (Å²) in [5.41, 5.74) is 3.18. The predicted molar refractivity (Wildman–Crippen MR) is 122 cm³/mol. The van der Waals surface area contributed by atoms with Crippen molar-refractivity contribution in [2.75, 3.05) is 11.9 Å². The molecule has 4 aromatic rings. The molecule has 0 saturated carbocycles. The molecule has 7 heteroatoms. The van der Waals surface area contributed by atoms with E-state index < -0.39 is 0 Å². The van der Waals surface area contributed by atoms with Crippen molar-refractivity contribution in [2.45, 2.75) is 13.3 Å². The van der Waals surface area contributed by atoms with Gasteiger partial charge in [0.25, 0.3) is 5.91 Å². The highest BCUT2D eigenvalue weighted by Crippen LogP contribution is 2.34. The summed E-state index contributed by atoms with van der Waals surface area (Å²) in [7, 11) is 0. The second-order valence-electron chi connectivity index (χ2n) is 6.78. The maximum atomic E-state index is 13.0. The van der Waals surface area contributed by atoms with Crippen LogP contribution in [0.15, 0.2) is 77.4 Å². The van der Waals surface area contributed by atoms with Gasteiger partial charge in [0.15, 0.2) is 10.8 Å². The fourth-order valence-corrected chi connectivity index (χ4v) is 4.13. The van der Waals surface area contributed by atoms with Gasteiger partial charge in [-0.25, -0.2) is 4.98 Å². The van der Waals surface area contributed by atoms with E-state index in [0.29, 0.717) is 21.3 Å². The Morgan fingerprint density at radius 3 is 2.52 bits per heavy atom. The van der Waals surface area contributed by atoms with Crippen molar-refractivity contribution in [3.63, 3.8) is 0 Å². The van der Waals surface area contributed by atoms with Crippen molar-refractivity contribution in [2.24, 2.45) is 0 Å². The lowest BCUT2D eigenvalue weighted by Crippen LogP contribution is -2.32. The van der Waals surface area contributed by atoms with Gasteiger partial charge in [-0.15, -0.1) is 11.3 Å². The van der Waals surface area contributed by atoms with Gasteiger partial charge in [0, 0.05) is 11.3 Å². The molecule has 0 saturated heterocycles. The normalized spacial score (nSPS) is 10.6. The molecule has 2 N–H and O–H groups in total. The van der Waals surface area contributed by atoms with Crippen LogP contribution in [0.25, 0.3) is 22.0 Å². The van der Waals surface area contributed by atoms with Gasteiger partial charge in [-0.1, -0.05) is 55.5 Å². The highest BCUT2D eigenvalue weighted by molar-refractivity contribution is 7.17. The molecule has 0 atom stereocenters. The summed E-state index contributed by atoms with van der Waals surface area (Å²) in [6, 6.07) is 20.7. The van der Waals surface area contributed by atoms with Crippen molar-refractivity contribution < 1.29 is 14.0 Å². The lowest BCUT2D eigenvalue weighted by Gasteiger charge is -2.10. The standard InChI is InChI=1S/C24H21N3O3S/c1-2-16-9-6-7-12-18(16)26-20(28)15-25-23(29)22-21(17-10-4-3-5-11-17)27-24(31-22)19-13-8-14-30-19/h3-14H,2,15H2,1H3,(H,25,29)(H,26,28). The summed E-state index contributed by atoms with van der Waals surface area (Å²) < 4.78 is 5.44. The van der Waals surface area contributed by atoms with Crippen LogP contribution < -0.4 is 10.6 Å². The summed E-state index contributed by atoms with van der Waals surface area (Å²) in [5.74, 6) is -0.0467. The van der Waals surface area contributed by atoms with Gasteiger partial charge in [0.05, 0.1) is 18.5 Å². The van der Waals surface area contributed by atoms with Crippen LogP contribution in [0.1, 0.15) is 22.2 Å². The number of para-hydroxylation sites is 1. The number of aryl methyl sites for hydroxylation is 1. The third kappa shape index (κ3) is 4.73. The topological polar surface area (TPSA) is 84.2 Å². The predicted octanol–water partition coefficient (Wildman–Crippen LogP) is 5.00. The monoisotopic (exact) mass is 431 g/mol. The van der Waals surface area contributed by atoms with Gasteiger partial charge in [-0.2, -0.15) is 0 Å². The molecular formula is C24H21N3O3S. The van der Waals surface area contributed by atoms with Crippen LogP contribution in [0, 0.1) is 0 Å². The van der Waals surface area contributed by atoms with Crippen LogP contribution >= 0.6 is 11.3 Å². The lowest BCUT2D eigenvalue weighted by atomic mass is 10.1. The van der Waals surface area contributed by atoms with E-state index in [-0.39, 0.29) is 18.4 Å². The highest BCUT2D eigenvalue weighted by Gasteiger charge is 2.21. The average molecular weight is 432 g/mol. The Kier molecular flexibility index (Phi) is 6.24. The van der Waals surface area contributed by atoms with Gasteiger partial charge >= 0.3 is 0 Å². The van der Waals surface area contributed by atoms with Crippen molar-refractivity contribution >= 4 is 28.8 Å². The van der Waals surface area contributed by atoms with Gasteiger partial charge in [0.1, 0.15) is 4.88 Å². The number of carbonyl (C=O) groups is 2. The molecule has 4 rings (SSSR count). The number of aromatic nitrogens is 1. The third-order valence-corrected chi connectivity index (χ3v) is 5.76. The molecule has 0 aliphatic carbocycles. The first-order chi connectivity index (χ1) is 15.2. The van der Waals surface area contributed by atoms with Crippen LogP contribution in [0.5, 0.6) is 0 Å². The van der Waals surface area contributed by atoms with Crippen molar-refractivity contribution in [1.29, 1.82) is 0 Å². The molecule has 6 nitrogen and oxygen atoms in total. The Bertz CT molecular complexity index is 1180. The summed E-state index contributed by atoms with van der Waals surface area (Å²) in [4.78, 5) is 30.4. The van der Waals surface area contributed by atoms with Crippen LogP contribution in [0.2, 0.25) is 0 Å². The number of amides is 2. The van der Waals surface area contributed by atoms with E-state index in [9.17, 15) is 9.59 Å². The highest BCUT2D eigenvalue weighted by atomic mass is 32.1. The summed E-state index contributed by atoms with van der Waals surface area (Å²) in [5, 5.41) is 6.18. The number of carbonyl (C=O) groups excluding carboxylic acids is 2. The maximum Gasteiger partial charge on any atom is 0.264 e. The molecule has 0 radical (unpaired) electrons. The number of furan rings is 1. The number of thiazole rings is 1. The Labute approximate surface area is 184 Å². The average Bonchev–Trinajstić information content (AvgIpc) is 3.48. The number of hydrogen-bond acceptors (Lipinski definition) is 5. The van der Waals surface area contributed by atoms with Gasteiger partial charge < -0.3 is 15.1 Å². The fourth-order valence-electron chi connectivity index (χ4n) is 3.16. The first-order valence-corrected chi connectivity index (χ1v) is 10.7. The zero-order valence-corrected chi connectivity index (χ0v) is 17.7. The molecule has 2 heterocycles. The smallest absolute Gasteiger partial charge is 0.264 e. The van der Waals surface area contributed by atoms with E-state index >= 15 is 0 Å². The molecule has 0 spiro atoms. The molecule has 0 aliphatic rings. The maximum absolute atomic E-state index is 13.0. The Morgan fingerprint density at radius 1 is 1.00 bits per heavy atom. The van der Waals surface area contributed by atoms with Crippen molar-refractivity contribution in [3.8, 4) is 22.0 Å². The molecule has 2 aromatic carbocycles. The lowest BCUT2D eigenvalue weighted by molar-refractivity contribution is -0.115. The number of rotatable bonds is 7. The molecule has 0 aliphatic heterocycles. The van der Waals surface area contributed by atoms with E-state index in [4.69, 9.17) is 4.42 Å². The molecule has 31 heavy (non-hydrogen) atoms. The Balaban J connectivity index is 1.52. The van der Waals surface area contributed by atoms with Crippen molar-refractivity contribution in [1.82, 2.24) is 10.3 Å². The van der Waals surface area contributed by atoms with E-state index in [0.717, 1.165) is 23.2 Å². The number of hydrogen-bond donors (Lipinski definition) is 2. The first kappa shape index (κ1) is 20.6. The van der Waals surface area contributed by atoms with Crippen LogP contribution in [0.3, 0.4) is 0 Å². The van der Waals surface area contributed by atoms with Gasteiger partial charge in [-0.05, 0) is 30.2 Å². The van der Waals surface area contributed by atoms with Crippen molar-refractivity contribution in [3.05, 3.63) is 83.4 Å². The Hall–Kier alpha value is -3.71. The van der Waals surface area contributed by atoms with Gasteiger partial charge in [0.2, 0.25) is 5.91 Å². The Morgan fingerprint density at radius 2 is 1.77 bits per heavy atom. The molecule has 0 unspecified atom stereocenters. The van der Waals surface area contributed by atoms with Crippen LogP contribution in [-0.2, 0) is 11.2 Å². The summed E-state index contributed by atoms with van der Waals surface area (Å²) in [6.45, 7) is 1.89. The minimum atomic E-state index is -0.354. The molecule has 2 aromatic heterocycles. The molecule has 0 bridgehead atoms. The zero-order chi connectivity index (χ0) is 21.6. The zero-order valence-electron chi connectivity index (χ0n) is 16.9. The number of nitrogens with zero attached hydrogens (tertiary/aromatic N) is 1.